The molecular formula is C20H26BrN3OS. The first-order valence-electron chi connectivity index (χ1n) is 9.42. The zero-order chi connectivity index (χ0) is 18.3. The van der Waals surface area contributed by atoms with Crippen LogP contribution in [-0.2, 0) is 6.54 Å². The summed E-state index contributed by atoms with van der Waals surface area (Å²) in [6.07, 6.45) is 2.51. The number of rotatable bonds is 6. The normalized spacial score (nSPS) is 19.2. The Bertz CT molecular complexity index is 800. The molecular weight excluding hydrogens is 410 g/mol. The largest absolute Gasteiger partial charge is 0.345 e. The monoisotopic (exact) mass is 435 g/mol. The summed E-state index contributed by atoms with van der Waals surface area (Å²) in [4.78, 5) is 19.0. The van der Waals surface area contributed by atoms with Crippen LogP contribution in [0.1, 0.15) is 45.5 Å². The summed E-state index contributed by atoms with van der Waals surface area (Å²) in [6, 6.07) is 7.05. The number of halogens is 1. The standard InChI is InChI=1S/C20H26BrN3OS/c1-14-11-18(15(2)24(14)16-3-4-16)19(25)13-23-9-7-22(8-10-23)12-17-5-6-20(21)26-17/h5-6,11,16H,3-4,7-10,12-13H2,1-2H3. The van der Waals surface area contributed by atoms with E-state index in [1.165, 1.54) is 27.2 Å². The first-order chi connectivity index (χ1) is 12.5. The molecule has 140 valence electrons. The predicted molar refractivity (Wildman–Crippen MR) is 110 cm³/mol. The van der Waals surface area contributed by atoms with E-state index in [0.717, 1.165) is 44.0 Å². The highest BCUT2D eigenvalue weighted by Gasteiger charge is 2.29. The summed E-state index contributed by atoms with van der Waals surface area (Å²) in [6.45, 7) is 9.81. The van der Waals surface area contributed by atoms with Crippen LogP contribution in [0.3, 0.4) is 0 Å². The first-order valence-corrected chi connectivity index (χ1v) is 11.0. The maximum atomic E-state index is 12.8. The van der Waals surface area contributed by atoms with Crippen molar-refractivity contribution >= 4 is 33.0 Å². The Balaban J connectivity index is 1.31. The van der Waals surface area contributed by atoms with E-state index >= 15 is 0 Å². The first kappa shape index (κ1) is 18.4. The van der Waals surface area contributed by atoms with Crippen LogP contribution < -0.4 is 0 Å². The lowest BCUT2D eigenvalue weighted by Crippen LogP contribution is -2.47. The molecule has 2 aliphatic rings. The van der Waals surface area contributed by atoms with Gasteiger partial charge in [-0.05, 0) is 60.8 Å². The SMILES string of the molecule is Cc1cc(C(=O)CN2CCN(Cc3ccc(Br)s3)CC2)c(C)n1C1CC1. The van der Waals surface area contributed by atoms with Crippen molar-refractivity contribution in [2.45, 2.75) is 39.3 Å². The Labute approximate surface area is 167 Å². The highest BCUT2D eigenvalue weighted by atomic mass is 79.9. The smallest absolute Gasteiger partial charge is 0.178 e. The molecule has 0 unspecified atom stereocenters. The Morgan fingerprint density at radius 3 is 2.46 bits per heavy atom. The van der Waals surface area contributed by atoms with Gasteiger partial charge < -0.3 is 4.57 Å². The highest BCUT2D eigenvalue weighted by Crippen LogP contribution is 2.38. The molecule has 3 heterocycles. The molecule has 1 saturated heterocycles. The molecule has 0 N–H and O–H groups in total. The molecule has 0 spiro atoms. The maximum Gasteiger partial charge on any atom is 0.178 e. The van der Waals surface area contributed by atoms with Crippen LogP contribution in [0.25, 0.3) is 0 Å². The van der Waals surface area contributed by atoms with E-state index < -0.39 is 0 Å². The third-order valence-corrected chi connectivity index (χ3v) is 7.15. The average molecular weight is 436 g/mol. The second kappa shape index (κ2) is 7.58. The number of hydrogen-bond acceptors (Lipinski definition) is 4. The third-order valence-electron chi connectivity index (χ3n) is 5.54. The van der Waals surface area contributed by atoms with Gasteiger partial charge in [-0.3, -0.25) is 14.6 Å². The minimum Gasteiger partial charge on any atom is -0.345 e. The van der Waals surface area contributed by atoms with Crippen LogP contribution in [0.4, 0.5) is 0 Å². The number of carbonyl (C=O) groups excluding carboxylic acids is 1. The Morgan fingerprint density at radius 2 is 1.85 bits per heavy atom. The Morgan fingerprint density at radius 1 is 1.15 bits per heavy atom. The van der Waals surface area contributed by atoms with Crippen molar-refractivity contribution in [1.82, 2.24) is 14.4 Å². The Kier molecular flexibility index (Phi) is 5.37. The van der Waals surface area contributed by atoms with E-state index in [0.29, 0.717) is 12.6 Å². The number of carbonyl (C=O) groups is 1. The van der Waals surface area contributed by atoms with Crippen LogP contribution in [0.5, 0.6) is 0 Å². The maximum absolute atomic E-state index is 12.8. The van der Waals surface area contributed by atoms with Gasteiger partial charge in [0.25, 0.3) is 0 Å². The molecule has 2 fully saturated rings. The van der Waals surface area contributed by atoms with E-state index in [9.17, 15) is 4.79 Å². The second-order valence-corrected chi connectivity index (χ2v) is 10.1. The van der Waals surface area contributed by atoms with Crippen molar-refractivity contribution in [3.63, 3.8) is 0 Å². The molecule has 1 saturated carbocycles. The molecule has 4 nitrogen and oxygen atoms in total. The van der Waals surface area contributed by atoms with Gasteiger partial charge in [-0.2, -0.15) is 0 Å². The minimum atomic E-state index is 0.278. The molecule has 1 aliphatic carbocycles. The van der Waals surface area contributed by atoms with Gasteiger partial charge in [0.1, 0.15) is 0 Å². The van der Waals surface area contributed by atoms with Crippen molar-refractivity contribution in [2.75, 3.05) is 32.7 Å². The number of aromatic nitrogens is 1. The number of piperazine rings is 1. The Hall–Kier alpha value is -0.950. The number of aryl methyl sites for hydroxylation is 1. The lowest BCUT2D eigenvalue weighted by atomic mass is 10.1. The van der Waals surface area contributed by atoms with Gasteiger partial charge in [-0.15, -0.1) is 11.3 Å². The van der Waals surface area contributed by atoms with Gasteiger partial charge in [0.05, 0.1) is 10.3 Å². The van der Waals surface area contributed by atoms with Crippen LogP contribution >= 0.6 is 27.3 Å². The molecule has 0 radical (unpaired) electrons. The van der Waals surface area contributed by atoms with E-state index in [-0.39, 0.29) is 5.78 Å². The number of ketones is 1. The van der Waals surface area contributed by atoms with Crippen LogP contribution in [-0.4, -0.2) is 52.9 Å². The number of nitrogens with zero attached hydrogens (tertiary/aromatic N) is 3. The molecule has 0 aromatic carbocycles. The lowest BCUT2D eigenvalue weighted by Gasteiger charge is -2.34. The van der Waals surface area contributed by atoms with Gasteiger partial charge >= 0.3 is 0 Å². The van der Waals surface area contributed by atoms with E-state index in [1.807, 2.05) is 11.3 Å². The van der Waals surface area contributed by atoms with Crippen LogP contribution in [0.15, 0.2) is 22.0 Å². The van der Waals surface area contributed by atoms with Crippen LogP contribution in [0, 0.1) is 13.8 Å². The van der Waals surface area contributed by atoms with E-state index in [1.54, 1.807) is 0 Å². The minimum absolute atomic E-state index is 0.278. The van der Waals surface area contributed by atoms with E-state index in [2.05, 4.69) is 62.3 Å². The fraction of sp³-hybridized carbons (Fsp3) is 0.550. The quantitative estimate of drug-likeness (QED) is 0.634. The molecule has 0 amide bonds. The highest BCUT2D eigenvalue weighted by molar-refractivity contribution is 9.11. The van der Waals surface area contributed by atoms with Crippen molar-refractivity contribution in [3.05, 3.63) is 43.8 Å². The molecule has 2 aromatic heterocycles. The van der Waals surface area contributed by atoms with Gasteiger partial charge in [0.2, 0.25) is 0 Å². The zero-order valence-corrected chi connectivity index (χ0v) is 17.9. The van der Waals surface area contributed by atoms with Crippen LogP contribution in [0.2, 0.25) is 0 Å². The summed E-state index contributed by atoms with van der Waals surface area (Å²) in [5.41, 5.74) is 3.33. The van der Waals surface area contributed by atoms with Gasteiger partial charge in [0, 0.05) is 60.6 Å². The summed E-state index contributed by atoms with van der Waals surface area (Å²) >= 11 is 5.34. The number of Topliss-reactive ketones (excluding diaryl/α,β-unsaturated/α-hetero) is 1. The van der Waals surface area contributed by atoms with Crippen molar-refractivity contribution in [3.8, 4) is 0 Å². The molecule has 26 heavy (non-hydrogen) atoms. The van der Waals surface area contributed by atoms with Gasteiger partial charge in [-0.1, -0.05) is 0 Å². The molecule has 4 rings (SSSR count). The topological polar surface area (TPSA) is 28.5 Å². The third kappa shape index (κ3) is 3.98. The van der Waals surface area contributed by atoms with Crippen molar-refractivity contribution in [2.24, 2.45) is 0 Å². The predicted octanol–water partition coefficient (Wildman–Crippen LogP) is 4.26. The molecule has 0 atom stereocenters. The van der Waals surface area contributed by atoms with Crippen molar-refractivity contribution in [1.29, 1.82) is 0 Å². The zero-order valence-electron chi connectivity index (χ0n) is 15.5. The fourth-order valence-electron chi connectivity index (χ4n) is 4.00. The summed E-state index contributed by atoms with van der Waals surface area (Å²) in [5, 5.41) is 0. The average Bonchev–Trinajstić information content (AvgIpc) is 3.28. The number of thiophene rings is 1. The summed E-state index contributed by atoms with van der Waals surface area (Å²) < 4.78 is 3.56. The molecule has 0 bridgehead atoms. The fourth-order valence-corrected chi connectivity index (χ4v) is 5.53. The second-order valence-electron chi connectivity index (χ2n) is 7.57. The molecule has 2 aromatic rings. The van der Waals surface area contributed by atoms with Crippen molar-refractivity contribution < 1.29 is 4.79 Å². The number of hydrogen-bond donors (Lipinski definition) is 0. The van der Waals surface area contributed by atoms with Gasteiger partial charge in [-0.25, -0.2) is 0 Å². The molecule has 6 heteroatoms. The van der Waals surface area contributed by atoms with E-state index in [4.69, 9.17) is 0 Å². The summed E-state index contributed by atoms with van der Waals surface area (Å²) in [7, 11) is 0. The lowest BCUT2D eigenvalue weighted by molar-refractivity contribution is 0.0844. The summed E-state index contributed by atoms with van der Waals surface area (Å²) in [5.74, 6) is 0.278. The van der Waals surface area contributed by atoms with Gasteiger partial charge in [0.15, 0.2) is 5.78 Å². The molecule has 1 aliphatic heterocycles.